The molecule has 0 saturated heterocycles. The molecule has 0 heterocycles. The molecule has 0 aromatic carbocycles. The first-order chi connectivity index (χ1) is 0. The van der Waals surface area contributed by atoms with Crippen LogP contribution in [0.25, 0.3) is 0 Å². The molecular formula is H3EuGaThZr. The van der Waals surface area contributed by atoms with Crippen molar-refractivity contribution in [3.05, 3.63) is 0 Å². The second-order valence-corrected chi connectivity index (χ2v) is 0. The molecule has 0 aliphatic rings. The zero-order valence-electron chi connectivity index (χ0n) is 1.38. The normalized spacial score (nSPS) is 0. The molecule has 0 aromatic heterocycles. The van der Waals surface area contributed by atoms with E-state index in [9.17, 15) is 0 Å². The van der Waals surface area contributed by atoms with E-state index in [0.29, 0.717) is 0 Å². The van der Waals surface area contributed by atoms with Crippen molar-refractivity contribution < 1.29 is 116 Å². The fraction of sp³-hybridized carbons (Fsp3) is 0. The molecule has 0 amide bonds. The predicted molar refractivity (Wildman–Crippen MR) is 9.94 cm³/mol. The van der Waals surface area contributed by atoms with Crippen LogP contribution >= 0.6 is 0 Å². The van der Waals surface area contributed by atoms with Gasteiger partial charge in [0.2, 0.25) is 0 Å². The molecule has 0 aliphatic carbocycles. The Morgan fingerprint density at radius 1 is 1.00 bits per heavy atom. The third-order valence-corrected chi connectivity index (χ3v) is 0. The second-order valence-electron chi connectivity index (χ2n) is 0. The summed E-state index contributed by atoms with van der Waals surface area (Å²) in [4.78, 5) is 0. The van der Waals surface area contributed by atoms with Crippen molar-refractivity contribution in [2.75, 3.05) is 0 Å². The SMILES string of the molecule is [Eu].[GaH3].[Th].[Zr]. The molecule has 4 heteroatoms. The minimum atomic E-state index is 0. The van der Waals surface area contributed by atoms with Crippen molar-refractivity contribution in [2.24, 2.45) is 0 Å². The molecule has 0 N–H and O–H groups in total. The molecule has 0 fully saturated rings. The molecule has 4 heavy (non-hydrogen) atoms. The number of rotatable bonds is 0. The minimum Gasteiger partial charge on any atom is 0 e. The van der Waals surface area contributed by atoms with E-state index in [-0.39, 0.29) is 135 Å². The van der Waals surface area contributed by atoms with Crippen molar-refractivity contribution in [1.29, 1.82) is 0 Å². The van der Waals surface area contributed by atoms with E-state index >= 15 is 0 Å². The summed E-state index contributed by atoms with van der Waals surface area (Å²) in [6.07, 6.45) is 0. The van der Waals surface area contributed by atoms with Crippen LogP contribution in [0.1, 0.15) is 0 Å². The monoisotopic (exact) mass is 547 g/mol. The van der Waals surface area contributed by atoms with Crippen molar-refractivity contribution >= 4 is 19.8 Å². The van der Waals surface area contributed by atoms with Crippen LogP contribution in [0, 0.1) is 89.3 Å². The first-order valence-electron chi connectivity index (χ1n) is 0. The predicted octanol–water partition coefficient (Wildman–Crippen LogP) is -1.19. The van der Waals surface area contributed by atoms with Gasteiger partial charge in [-0.3, -0.25) is 0 Å². The van der Waals surface area contributed by atoms with E-state index in [1.807, 2.05) is 0 Å². The smallest absolute Gasteiger partial charge is 0 e. The van der Waals surface area contributed by atoms with Crippen LogP contribution in [0.15, 0.2) is 0 Å². The summed E-state index contributed by atoms with van der Waals surface area (Å²) in [5.41, 5.74) is 0. The zero-order chi connectivity index (χ0) is 0. The van der Waals surface area contributed by atoms with E-state index in [2.05, 4.69) is 0 Å². The van der Waals surface area contributed by atoms with Gasteiger partial charge in [0.1, 0.15) is 0 Å². The molecule has 0 spiro atoms. The van der Waals surface area contributed by atoms with Crippen molar-refractivity contribution in [3.8, 4) is 0 Å². The van der Waals surface area contributed by atoms with Crippen LogP contribution in [0.2, 0.25) is 0 Å². The van der Waals surface area contributed by atoms with E-state index in [0.717, 1.165) is 0 Å². The summed E-state index contributed by atoms with van der Waals surface area (Å²) < 4.78 is 0. The van der Waals surface area contributed by atoms with Gasteiger partial charge in [0.15, 0.2) is 0 Å². The largest absolute Gasteiger partial charge is 0 e. The molecule has 0 aliphatic heterocycles. The Morgan fingerprint density at radius 2 is 1.00 bits per heavy atom. The quantitative estimate of drug-likeness (QED) is 0.335. The molecule has 0 nitrogen and oxygen atoms in total. The van der Waals surface area contributed by atoms with Gasteiger partial charge in [-0.2, -0.15) is 0 Å². The Labute approximate surface area is 131 Å². The molecule has 0 rings (SSSR count). The van der Waals surface area contributed by atoms with Crippen LogP contribution in [-0.2, 0) is 26.2 Å². The number of hydrogen-bond donors (Lipinski definition) is 0. The summed E-state index contributed by atoms with van der Waals surface area (Å²) in [5, 5.41) is 0. The van der Waals surface area contributed by atoms with Gasteiger partial charge in [-0.1, -0.05) is 0 Å². The molecule has 0 bridgehead atoms. The molecule has 1 radical (unpaired) electrons. The average molecular weight is 548 g/mol. The van der Waals surface area contributed by atoms with Crippen LogP contribution in [-0.4, -0.2) is 19.8 Å². The van der Waals surface area contributed by atoms with Gasteiger partial charge in [0.05, 0.1) is 0 Å². The topological polar surface area (TPSA) is 0 Å². The Bertz CT molecular complexity index is 8.00. The maximum absolute atomic E-state index is 0. The molecule has 0 aromatic rings. The molecule has 0 atom stereocenters. The molecule has 0 unspecified atom stereocenters. The van der Waals surface area contributed by atoms with Gasteiger partial charge in [0.25, 0.3) is 0 Å². The summed E-state index contributed by atoms with van der Waals surface area (Å²) in [7, 11) is 0. The summed E-state index contributed by atoms with van der Waals surface area (Å²) in [5.74, 6) is 0. The average Bonchev–Trinajstić information content (AvgIpc) is 0. The van der Waals surface area contributed by atoms with Gasteiger partial charge in [-0.25, -0.2) is 0 Å². The van der Waals surface area contributed by atoms with Crippen molar-refractivity contribution in [1.82, 2.24) is 0 Å². The second kappa shape index (κ2) is 15.7. The Kier molecular flexibility index (Phi) is 92.8. The minimum absolute atomic E-state index is 0. The zero-order valence-corrected chi connectivity index (χ0v) is 10.4. The van der Waals surface area contributed by atoms with E-state index in [4.69, 9.17) is 0 Å². The third kappa shape index (κ3) is 9.66. The summed E-state index contributed by atoms with van der Waals surface area (Å²) in [6, 6.07) is 0. The van der Waals surface area contributed by atoms with Gasteiger partial charge >= 0.3 is 19.8 Å². The first-order valence-corrected chi connectivity index (χ1v) is 0. The van der Waals surface area contributed by atoms with Crippen LogP contribution < -0.4 is 0 Å². The first kappa shape index (κ1) is 23.7. The van der Waals surface area contributed by atoms with E-state index < -0.39 is 0 Å². The van der Waals surface area contributed by atoms with Crippen LogP contribution in [0.5, 0.6) is 0 Å². The van der Waals surface area contributed by atoms with Gasteiger partial charge in [0, 0.05) is 116 Å². The molecule has 0 saturated carbocycles. The Balaban J connectivity index is 0. The Hall–Kier alpha value is 4.43. The Morgan fingerprint density at radius 3 is 1.00 bits per heavy atom. The summed E-state index contributed by atoms with van der Waals surface area (Å²) >= 11 is 0. The van der Waals surface area contributed by atoms with Gasteiger partial charge in [-0.05, 0) is 0 Å². The van der Waals surface area contributed by atoms with Gasteiger partial charge < -0.3 is 0 Å². The maximum Gasteiger partial charge on any atom is 0 e. The standard InChI is InChI=1S/Eu.Ga.Th.Zr.3H. The van der Waals surface area contributed by atoms with Gasteiger partial charge in [-0.15, -0.1) is 0 Å². The number of hydrogen-bond acceptors (Lipinski definition) is 0. The third-order valence-electron chi connectivity index (χ3n) is 0. The van der Waals surface area contributed by atoms with Crippen molar-refractivity contribution in [3.63, 3.8) is 0 Å². The van der Waals surface area contributed by atoms with E-state index in [1.165, 1.54) is 0 Å². The molecular weight excluding hydrogens is 545 g/mol. The van der Waals surface area contributed by atoms with Crippen LogP contribution in [0.3, 0.4) is 0 Å². The molecule has 21 valence electrons. The maximum atomic E-state index is 0. The fourth-order valence-corrected chi connectivity index (χ4v) is 0. The fourth-order valence-electron chi connectivity index (χ4n) is 0. The van der Waals surface area contributed by atoms with E-state index in [1.54, 1.807) is 0 Å². The summed E-state index contributed by atoms with van der Waals surface area (Å²) in [6.45, 7) is 0. The van der Waals surface area contributed by atoms with Crippen molar-refractivity contribution in [2.45, 2.75) is 0 Å². The van der Waals surface area contributed by atoms with Crippen LogP contribution in [0.4, 0.5) is 0 Å².